The number of hydrogen-bond donors (Lipinski definition) is 0. The molecule has 0 aliphatic heterocycles. The second kappa shape index (κ2) is 23.1. The van der Waals surface area contributed by atoms with E-state index in [0.29, 0.717) is 0 Å². The van der Waals surface area contributed by atoms with Crippen molar-refractivity contribution in [1.82, 2.24) is 0 Å². The number of nitrogens with zero attached hydrogens (tertiary/aromatic N) is 2. The van der Waals surface area contributed by atoms with E-state index in [2.05, 4.69) is 328 Å². The van der Waals surface area contributed by atoms with E-state index in [1.54, 1.807) is 0 Å². The topological polar surface area (TPSA) is 6.48 Å². The Labute approximate surface area is 515 Å². The van der Waals surface area contributed by atoms with Gasteiger partial charge in [-0.1, -0.05) is 217 Å². The van der Waals surface area contributed by atoms with Crippen LogP contribution in [0.1, 0.15) is 55.6 Å². The minimum absolute atomic E-state index is 0.554. The first-order valence-corrected chi connectivity index (χ1v) is 31.6. The van der Waals surface area contributed by atoms with Gasteiger partial charge in [-0.05, 0) is 189 Å². The molecule has 414 valence electrons. The standard InChI is InChI=1S/C82H64N2S2/c1-5-53-85-71-47-37-63(38-48-71)81(61-33-25-57(3)26-34-61)77-23-15-13-21-73(77)75-51-45-69(55-79(75)81)83(65-17-9-7-10-18-65)67-41-29-59(30-42-67)60-31-43-68(44-32-60)84(66-19-11-8-12-20-66)70-46-52-76-74-22-14-16-24-78(74)82(80(76)56-70,62-35-27-58(4)28-36-62)64-39-49-72(50-40-64)86-54-6-2/h5-52,55-56H,1-2,53-54H2,3-4H3. The summed E-state index contributed by atoms with van der Waals surface area (Å²) >= 11 is 3.63. The largest absolute Gasteiger partial charge is 0.310 e. The Balaban J connectivity index is 0.841. The van der Waals surface area contributed by atoms with Crippen LogP contribution in [-0.2, 0) is 10.8 Å². The molecule has 0 amide bonds. The number of hydrogen-bond acceptors (Lipinski definition) is 4. The molecule has 14 rings (SSSR count). The number of fused-ring (bicyclic) bond motifs is 6. The Hall–Kier alpha value is -9.58. The minimum atomic E-state index is -0.554. The molecule has 0 saturated heterocycles. The fourth-order valence-corrected chi connectivity index (χ4v) is 14.8. The van der Waals surface area contributed by atoms with Gasteiger partial charge in [0.2, 0.25) is 0 Å². The Bertz CT molecular complexity index is 4130. The van der Waals surface area contributed by atoms with E-state index in [-0.39, 0.29) is 0 Å². The summed E-state index contributed by atoms with van der Waals surface area (Å²) in [5.41, 5.74) is 25.4. The molecule has 0 bridgehead atoms. The smallest absolute Gasteiger partial charge is 0.0714 e. The quantitative estimate of drug-likeness (QED) is 0.0662. The highest BCUT2D eigenvalue weighted by atomic mass is 32.2. The molecule has 12 aromatic rings. The van der Waals surface area contributed by atoms with E-state index in [1.165, 1.54) is 87.7 Å². The van der Waals surface area contributed by atoms with Gasteiger partial charge in [-0.3, -0.25) is 0 Å². The van der Waals surface area contributed by atoms with Crippen LogP contribution in [0.25, 0.3) is 33.4 Å². The summed E-state index contributed by atoms with van der Waals surface area (Å²) in [6.07, 6.45) is 3.94. The summed E-state index contributed by atoms with van der Waals surface area (Å²) in [6, 6.07) is 109. The average molecular weight is 1140 g/mol. The SMILES string of the molecule is C=CCSc1ccc(C2(c3ccc(C)cc3)c3ccccc3-c3ccc(N(c4ccccc4)c4ccc(-c5ccc(N(c6ccccc6)c6ccc7c(c6)C(c6ccc(C)cc6)(c6ccc(SCC=C)cc6)c6ccccc6-7)cc5)cc4)cc32)cc1. The monoisotopic (exact) mass is 1140 g/mol. The summed E-state index contributed by atoms with van der Waals surface area (Å²) in [6.45, 7) is 12.3. The van der Waals surface area contributed by atoms with Crippen LogP contribution in [0.3, 0.4) is 0 Å². The third-order valence-corrected chi connectivity index (χ3v) is 19.5. The van der Waals surface area contributed by atoms with Crippen LogP contribution < -0.4 is 9.80 Å². The number of aryl methyl sites for hydroxylation is 2. The normalized spacial score (nSPS) is 15.2. The Morgan fingerprint density at radius 1 is 0.302 bits per heavy atom. The molecule has 2 aliphatic rings. The number of anilines is 6. The van der Waals surface area contributed by atoms with Gasteiger partial charge in [0.25, 0.3) is 0 Å². The Morgan fingerprint density at radius 3 is 0.965 bits per heavy atom. The second-order valence-corrected chi connectivity index (χ2v) is 24.7. The molecule has 0 fully saturated rings. The second-order valence-electron chi connectivity index (χ2n) is 22.5. The van der Waals surface area contributed by atoms with Gasteiger partial charge in [0, 0.05) is 55.4 Å². The van der Waals surface area contributed by atoms with E-state index in [4.69, 9.17) is 0 Å². The van der Waals surface area contributed by atoms with Crippen molar-refractivity contribution in [3.05, 3.63) is 372 Å². The van der Waals surface area contributed by atoms with Crippen LogP contribution in [0, 0.1) is 13.8 Å². The van der Waals surface area contributed by atoms with Gasteiger partial charge in [0.15, 0.2) is 0 Å². The van der Waals surface area contributed by atoms with E-state index >= 15 is 0 Å². The van der Waals surface area contributed by atoms with Gasteiger partial charge in [-0.2, -0.15) is 0 Å². The van der Waals surface area contributed by atoms with Crippen LogP contribution in [0.5, 0.6) is 0 Å². The minimum Gasteiger partial charge on any atom is -0.310 e. The van der Waals surface area contributed by atoms with E-state index < -0.39 is 10.8 Å². The van der Waals surface area contributed by atoms with Crippen LogP contribution in [0.15, 0.2) is 326 Å². The van der Waals surface area contributed by atoms with Crippen molar-refractivity contribution in [3.8, 4) is 33.4 Å². The van der Waals surface area contributed by atoms with Gasteiger partial charge < -0.3 is 9.80 Å². The molecule has 0 radical (unpaired) electrons. The van der Waals surface area contributed by atoms with Crippen molar-refractivity contribution in [3.63, 3.8) is 0 Å². The highest BCUT2D eigenvalue weighted by Crippen LogP contribution is 2.59. The van der Waals surface area contributed by atoms with Crippen LogP contribution in [-0.4, -0.2) is 11.5 Å². The van der Waals surface area contributed by atoms with Gasteiger partial charge in [-0.25, -0.2) is 0 Å². The van der Waals surface area contributed by atoms with Crippen molar-refractivity contribution in [2.24, 2.45) is 0 Å². The number of benzene rings is 12. The van der Waals surface area contributed by atoms with Crippen LogP contribution >= 0.6 is 23.5 Å². The van der Waals surface area contributed by atoms with Crippen molar-refractivity contribution in [1.29, 1.82) is 0 Å². The molecule has 12 aromatic carbocycles. The maximum absolute atomic E-state index is 3.98. The Morgan fingerprint density at radius 2 is 0.605 bits per heavy atom. The molecule has 86 heavy (non-hydrogen) atoms. The molecule has 2 aliphatic carbocycles. The first kappa shape index (κ1) is 54.4. The fraction of sp³-hybridized carbons (Fsp3) is 0.0732. The van der Waals surface area contributed by atoms with Crippen molar-refractivity contribution >= 4 is 57.6 Å². The maximum atomic E-state index is 3.98. The highest BCUT2D eigenvalue weighted by Gasteiger charge is 2.48. The van der Waals surface area contributed by atoms with E-state index in [0.717, 1.165) is 56.8 Å². The number of thioether (sulfide) groups is 2. The molecule has 2 nitrogen and oxygen atoms in total. The summed E-state index contributed by atoms with van der Waals surface area (Å²) in [4.78, 5) is 7.28. The molecule has 0 aromatic heterocycles. The lowest BCUT2D eigenvalue weighted by Gasteiger charge is -2.35. The highest BCUT2D eigenvalue weighted by molar-refractivity contribution is 7.99. The van der Waals surface area contributed by atoms with Crippen molar-refractivity contribution in [2.75, 3.05) is 21.3 Å². The first-order valence-electron chi connectivity index (χ1n) is 29.6. The molecular formula is C82H64N2S2. The lowest BCUT2D eigenvalue weighted by atomic mass is 9.67. The predicted octanol–water partition coefficient (Wildman–Crippen LogP) is 22.2. The van der Waals surface area contributed by atoms with Crippen LogP contribution in [0.4, 0.5) is 34.1 Å². The molecule has 2 atom stereocenters. The maximum Gasteiger partial charge on any atom is 0.0714 e. The molecule has 2 unspecified atom stereocenters. The summed E-state index contributed by atoms with van der Waals surface area (Å²) in [7, 11) is 0. The third kappa shape index (κ3) is 9.41. The Kier molecular flexibility index (Phi) is 14.6. The number of para-hydroxylation sites is 2. The zero-order valence-electron chi connectivity index (χ0n) is 48.4. The zero-order valence-corrected chi connectivity index (χ0v) is 50.0. The van der Waals surface area contributed by atoms with Gasteiger partial charge >= 0.3 is 0 Å². The molecule has 4 heteroatoms. The van der Waals surface area contributed by atoms with Crippen LogP contribution in [0.2, 0.25) is 0 Å². The third-order valence-electron chi connectivity index (χ3n) is 17.5. The fourth-order valence-electron chi connectivity index (χ4n) is 13.6. The van der Waals surface area contributed by atoms with Gasteiger partial charge in [0.05, 0.1) is 10.8 Å². The van der Waals surface area contributed by atoms with Crippen molar-refractivity contribution in [2.45, 2.75) is 34.5 Å². The molecule has 0 saturated carbocycles. The van der Waals surface area contributed by atoms with Gasteiger partial charge in [-0.15, -0.1) is 36.7 Å². The number of rotatable bonds is 17. The summed E-state index contributed by atoms with van der Waals surface area (Å²) in [5.74, 6) is 1.73. The van der Waals surface area contributed by atoms with Gasteiger partial charge in [0.1, 0.15) is 0 Å². The molecule has 0 spiro atoms. The van der Waals surface area contributed by atoms with Crippen molar-refractivity contribution < 1.29 is 0 Å². The summed E-state index contributed by atoms with van der Waals surface area (Å²) in [5, 5.41) is 0. The zero-order chi connectivity index (χ0) is 58.2. The summed E-state index contributed by atoms with van der Waals surface area (Å²) < 4.78 is 0. The molecule has 0 N–H and O–H groups in total. The predicted molar refractivity (Wildman–Crippen MR) is 367 cm³/mol. The van der Waals surface area contributed by atoms with E-state index in [9.17, 15) is 0 Å². The lowest BCUT2D eigenvalue weighted by Crippen LogP contribution is -2.28. The lowest BCUT2D eigenvalue weighted by molar-refractivity contribution is 0.767. The average Bonchev–Trinajstić information content (AvgIpc) is 1.55. The first-order chi connectivity index (χ1) is 42.4. The van der Waals surface area contributed by atoms with E-state index in [1.807, 2.05) is 35.7 Å². The molecule has 0 heterocycles. The molecular weight excluding hydrogens is 1080 g/mol.